The smallest absolute Gasteiger partial charge is 0.306 e. The van der Waals surface area contributed by atoms with Crippen molar-refractivity contribution in [2.45, 2.75) is 252 Å². The Hall–Kier alpha value is -2.63. The van der Waals surface area contributed by atoms with Gasteiger partial charge in [-0.25, -0.2) is 0 Å². The fourth-order valence-electron chi connectivity index (χ4n) is 6.90. The fraction of sp³-hybridized carbons (Fsp3) is 0.788. The highest BCUT2D eigenvalue weighted by molar-refractivity contribution is 5.71. The largest absolute Gasteiger partial charge is 0.462 e. The van der Waals surface area contributed by atoms with Gasteiger partial charge in [-0.1, -0.05) is 217 Å². The molecule has 0 aromatic carbocycles. The van der Waals surface area contributed by atoms with Crippen LogP contribution in [0.25, 0.3) is 0 Å². The Labute approximate surface area is 358 Å². The summed E-state index contributed by atoms with van der Waals surface area (Å²) in [5, 5.41) is 0. The average Bonchev–Trinajstić information content (AvgIpc) is 3.22. The highest BCUT2D eigenvalue weighted by Gasteiger charge is 2.19. The summed E-state index contributed by atoms with van der Waals surface area (Å²) in [5.74, 6) is -0.904. The predicted octanol–water partition coefficient (Wildman–Crippen LogP) is 15.9. The number of allylic oxidation sites excluding steroid dienone is 8. The van der Waals surface area contributed by atoms with Crippen LogP contribution in [0.5, 0.6) is 0 Å². The van der Waals surface area contributed by atoms with E-state index in [2.05, 4.69) is 69.4 Å². The van der Waals surface area contributed by atoms with Crippen LogP contribution in [0, 0.1) is 0 Å². The van der Waals surface area contributed by atoms with Crippen LogP contribution in [-0.4, -0.2) is 37.2 Å². The summed E-state index contributed by atoms with van der Waals surface area (Å²) in [6.07, 6.45) is 55.3. The summed E-state index contributed by atoms with van der Waals surface area (Å²) in [7, 11) is 0. The molecule has 0 N–H and O–H groups in total. The molecule has 0 fully saturated rings. The van der Waals surface area contributed by atoms with Crippen LogP contribution < -0.4 is 0 Å². The van der Waals surface area contributed by atoms with Gasteiger partial charge >= 0.3 is 17.9 Å². The Bertz CT molecular complexity index is 1030. The maximum Gasteiger partial charge on any atom is 0.306 e. The van der Waals surface area contributed by atoms with E-state index >= 15 is 0 Å². The standard InChI is InChI=1S/C52H92O6/c1-4-7-10-13-16-18-20-22-24-26-28-29-31-33-36-39-42-45-51(54)57-48-49(47-56-50(53)44-41-38-35-15-12-9-6-3)58-52(55)46-43-40-37-34-32-30-27-25-23-21-19-17-14-11-8-5-2/h7,10,16,18,22,24,28-29,49H,4-6,8-9,11-15,17,19-21,23,25-27,30-48H2,1-3H3/b10-7-,18-16-,24-22-,29-28-. The second kappa shape index (κ2) is 47.1. The zero-order valence-electron chi connectivity index (χ0n) is 38.3. The summed E-state index contributed by atoms with van der Waals surface area (Å²) in [5.41, 5.74) is 0. The molecule has 0 bridgehead atoms. The molecule has 0 aliphatic heterocycles. The van der Waals surface area contributed by atoms with Crippen LogP contribution >= 0.6 is 0 Å². The van der Waals surface area contributed by atoms with Crippen LogP contribution in [0.2, 0.25) is 0 Å². The average molecular weight is 813 g/mol. The Morgan fingerprint density at radius 2 is 0.672 bits per heavy atom. The molecule has 0 rings (SSSR count). The van der Waals surface area contributed by atoms with Crippen molar-refractivity contribution in [3.8, 4) is 0 Å². The van der Waals surface area contributed by atoms with Crippen molar-refractivity contribution >= 4 is 17.9 Å². The molecule has 6 heteroatoms. The first kappa shape index (κ1) is 55.4. The number of unbranched alkanes of at least 4 members (excludes halogenated alkanes) is 25. The number of rotatable bonds is 44. The molecule has 0 saturated heterocycles. The molecule has 0 spiro atoms. The van der Waals surface area contributed by atoms with Crippen molar-refractivity contribution in [1.82, 2.24) is 0 Å². The molecule has 0 saturated carbocycles. The van der Waals surface area contributed by atoms with Gasteiger partial charge in [-0.05, 0) is 57.8 Å². The number of ether oxygens (including phenoxy) is 3. The highest BCUT2D eigenvalue weighted by Crippen LogP contribution is 2.15. The van der Waals surface area contributed by atoms with Crippen molar-refractivity contribution in [2.24, 2.45) is 0 Å². The molecule has 1 atom stereocenters. The second-order valence-corrected chi connectivity index (χ2v) is 16.4. The molecule has 0 amide bonds. The molecule has 0 aromatic heterocycles. The van der Waals surface area contributed by atoms with E-state index in [0.29, 0.717) is 19.3 Å². The number of hydrogen-bond donors (Lipinski definition) is 0. The fourth-order valence-corrected chi connectivity index (χ4v) is 6.90. The monoisotopic (exact) mass is 813 g/mol. The van der Waals surface area contributed by atoms with Crippen molar-refractivity contribution < 1.29 is 28.6 Å². The molecule has 0 aliphatic rings. The maximum atomic E-state index is 12.7. The summed E-state index contributed by atoms with van der Waals surface area (Å²) in [6.45, 7) is 6.47. The van der Waals surface area contributed by atoms with Gasteiger partial charge in [0.05, 0.1) is 0 Å². The van der Waals surface area contributed by atoms with E-state index in [1.807, 2.05) is 0 Å². The first-order valence-electron chi connectivity index (χ1n) is 24.6. The third-order valence-corrected chi connectivity index (χ3v) is 10.6. The van der Waals surface area contributed by atoms with Gasteiger partial charge < -0.3 is 14.2 Å². The van der Waals surface area contributed by atoms with Gasteiger partial charge in [0.2, 0.25) is 0 Å². The Morgan fingerprint density at radius 1 is 0.362 bits per heavy atom. The molecule has 0 aromatic rings. The number of carbonyl (C=O) groups is 3. The van der Waals surface area contributed by atoms with E-state index in [-0.39, 0.29) is 31.1 Å². The first-order chi connectivity index (χ1) is 28.5. The van der Waals surface area contributed by atoms with E-state index < -0.39 is 6.10 Å². The summed E-state index contributed by atoms with van der Waals surface area (Å²) in [6, 6.07) is 0. The molecular weight excluding hydrogens is 721 g/mol. The Kier molecular flexibility index (Phi) is 44.9. The lowest BCUT2D eigenvalue weighted by Crippen LogP contribution is -2.30. The van der Waals surface area contributed by atoms with Gasteiger partial charge in [0, 0.05) is 19.3 Å². The minimum absolute atomic E-state index is 0.0788. The third kappa shape index (κ3) is 44.5. The van der Waals surface area contributed by atoms with Gasteiger partial charge in [-0.15, -0.1) is 0 Å². The molecule has 6 nitrogen and oxygen atoms in total. The van der Waals surface area contributed by atoms with Crippen molar-refractivity contribution in [2.75, 3.05) is 13.2 Å². The second-order valence-electron chi connectivity index (χ2n) is 16.4. The van der Waals surface area contributed by atoms with E-state index in [0.717, 1.165) is 96.3 Å². The third-order valence-electron chi connectivity index (χ3n) is 10.6. The quantitative estimate of drug-likeness (QED) is 0.0264. The molecule has 58 heavy (non-hydrogen) atoms. The van der Waals surface area contributed by atoms with E-state index in [9.17, 15) is 14.4 Å². The number of hydrogen-bond acceptors (Lipinski definition) is 6. The van der Waals surface area contributed by atoms with Gasteiger partial charge in [-0.3, -0.25) is 14.4 Å². The van der Waals surface area contributed by atoms with Gasteiger partial charge in [-0.2, -0.15) is 0 Å². The lowest BCUT2D eigenvalue weighted by Gasteiger charge is -2.18. The number of esters is 3. The lowest BCUT2D eigenvalue weighted by atomic mass is 10.0. The molecular formula is C52H92O6. The zero-order chi connectivity index (χ0) is 42.3. The minimum Gasteiger partial charge on any atom is -0.462 e. The summed E-state index contributed by atoms with van der Waals surface area (Å²) in [4.78, 5) is 37.7. The van der Waals surface area contributed by atoms with E-state index in [1.165, 1.54) is 109 Å². The van der Waals surface area contributed by atoms with Gasteiger partial charge in [0.25, 0.3) is 0 Å². The van der Waals surface area contributed by atoms with Crippen LogP contribution in [-0.2, 0) is 28.6 Å². The SMILES string of the molecule is CC/C=C\C/C=C\C/C=C\C/C=C\CCCCCCC(=O)OCC(COC(=O)CCCCCCCCC)OC(=O)CCCCCCCCCCCCCCCCCC. The molecule has 0 radical (unpaired) electrons. The van der Waals surface area contributed by atoms with Gasteiger partial charge in [0.15, 0.2) is 6.10 Å². The van der Waals surface area contributed by atoms with E-state index in [1.54, 1.807) is 0 Å². The minimum atomic E-state index is -0.776. The predicted molar refractivity (Wildman–Crippen MR) is 247 cm³/mol. The summed E-state index contributed by atoms with van der Waals surface area (Å²) < 4.78 is 16.7. The summed E-state index contributed by atoms with van der Waals surface area (Å²) >= 11 is 0. The van der Waals surface area contributed by atoms with Crippen LogP contribution in [0.1, 0.15) is 245 Å². The Balaban J connectivity index is 4.30. The number of carbonyl (C=O) groups excluding carboxylic acids is 3. The van der Waals surface area contributed by atoms with Crippen LogP contribution in [0.3, 0.4) is 0 Å². The van der Waals surface area contributed by atoms with E-state index in [4.69, 9.17) is 14.2 Å². The van der Waals surface area contributed by atoms with Crippen LogP contribution in [0.15, 0.2) is 48.6 Å². The molecule has 0 heterocycles. The Morgan fingerprint density at radius 3 is 1.05 bits per heavy atom. The zero-order valence-corrected chi connectivity index (χ0v) is 38.3. The normalized spacial score (nSPS) is 12.4. The highest BCUT2D eigenvalue weighted by atomic mass is 16.6. The van der Waals surface area contributed by atoms with Gasteiger partial charge in [0.1, 0.15) is 13.2 Å². The van der Waals surface area contributed by atoms with Crippen LogP contribution in [0.4, 0.5) is 0 Å². The molecule has 0 aliphatic carbocycles. The van der Waals surface area contributed by atoms with Crippen molar-refractivity contribution in [3.63, 3.8) is 0 Å². The molecule has 336 valence electrons. The topological polar surface area (TPSA) is 78.9 Å². The van der Waals surface area contributed by atoms with Crippen molar-refractivity contribution in [3.05, 3.63) is 48.6 Å². The molecule has 1 unspecified atom stereocenters. The van der Waals surface area contributed by atoms with Crippen molar-refractivity contribution in [1.29, 1.82) is 0 Å². The lowest BCUT2D eigenvalue weighted by molar-refractivity contribution is -0.167. The maximum absolute atomic E-state index is 12.7. The first-order valence-corrected chi connectivity index (χ1v) is 24.6.